The van der Waals surface area contributed by atoms with Crippen LogP contribution in [0.2, 0.25) is 0 Å². The number of nitrogens with zero attached hydrogens (tertiary/aromatic N) is 3. The van der Waals surface area contributed by atoms with Gasteiger partial charge in [0.15, 0.2) is 0 Å². The summed E-state index contributed by atoms with van der Waals surface area (Å²) in [5, 5.41) is 2.88. The molecule has 96 valence electrons. The van der Waals surface area contributed by atoms with Gasteiger partial charge in [-0.25, -0.2) is 4.79 Å². The van der Waals surface area contributed by atoms with Gasteiger partial charge >= 0.3 is 6.03 Å². The van der Waals surface area contributed by atoms with E-state index >= 15 is 0 Å². The molecule has 3 rings (SSSR count). The van der Waals surface area contributed by atoms with Crippen LogP contribution in [0.3, 0.4) is 0 Å². The summed E-state index contributed by atoms with van der Waals surface area (Å²) in [6.45, 7) is 4.12. The van der Waals surface area contributed by atoms with Gasteiger partial charge in [0.2, 0.25) is 0 Å². The Morgan fingerprint density at radius 2 is 2.39 bits per heavy atom. The second-order valence-corrected chi connectivity index (χ2v) is 4.85. The number of carbonyl (C=O) groups is 1. The van der Waals surface area contributed by atoms with Crippen molar-refractivity contribution in [3.63, 3.8) is 0 Å². The van der Waals surface area contributed by atoms with Crippen LogP contribution < -0.4 is 11.1 Å². The fourth-order valence-electron chi connectivity index (χ4n) is 2.62. The number of urea groups is 1. The van der Waals surface area contributed by atoms with E-state index < -0.39 is 0 Å². The molecule has 1 aromatic rings. The minimum absolute atomic E-state index is 0.0710. The molecule has 2 amide bonds. The zero-order chi connectivity index (χ0) is 12.5. The lowest BCUT2D eigenvalue weighted by Gasteiger charge is -2.36. The highest BCUT2D eigenvalue weighted by Crippen LogP contribution is 2.16. The van der Waals surface area contributed by atoms with E-state index in [1.54, 1.807) is 12.3 Å². The normalized spacial score (nSPS) is 23.9. The van der Waals surface area contributed by atoms with E-state index in [1.165, 1.54) is 0 Å². The first-order valence-corrected chi connectivity index (χ1v) is 6.19. The first-order valence-electron chi connectivity index (χ1n) is 6.19. The van der Waals surface area contributed by atoms with Gasteiger partial charge in [-0.1, -0.05) is 0 Å². The number of nitrogen functional groups attached to an aromatic ring is 1. The molecule has 0 bridgehead atoms. The predicted octanol–water partition coefficient (Wildman–Crippen LogP) is -0.127. The third-order valence-corrected chi connectivity index (χ3v) is 3.54. The maximum Gasteiger partial charge on any atom is 0.317 e. The van der Waals surface area contributed by atoms with Gasteiger partial charge in [0.25, 0.3) is 0 Å². The number of anilines is 1. The molecular weight excluding hydrogens is 230 g/mol. The van der Waals surface area contributed by atoms with Crippen LogP contribution in [0.4, 0.5) is 10.5 Å². The Labute approximate surface area is 106 Å². The lowest BCUT2D eigenvalue weighted by molar-refractivity contribution is 0.116. The van der Waals surface area contributed by atoms with Gasteiger partial charge in [-0.3, -0.25) is 9.88 Å². The molecule has 6 nitrogen and oxygen atoms in total. The molecule has 0 aromatic carbocycles. The summed E-state index contributed by atoms with van der Waals surface area (Å²) in [4.78, 5) is 20.0. The Hall–Kier alpha value is -1.82. The maximum atomic E-state index is 11.5. The molecule has 2 fully saturated rings. The fourth-order valence-corrected chi connectivity index (χ4v) is 2.62. The van der Waals surface area contributed by atoms with E-state index in [9.17, 15) is 4.79 Å². The average Bonchev–Trinajstić information content (AvgIpc) is 2.71. The molecule has 0 radical (unpaired) electrons. The molecule has 2 saturated heterocycles. The largest absolute Gasteiger partial charge is 0.399 e. The van der Waals surface area contributed by atoms with Crippen LogP contribution in [0.25, 0.3) is 0 Å². The topological polar surface area (TPSA) is 74.5 Å². The SMILES string of the molecule is Nc1ccnc(CN2CCN3C(=O)NCC3C2)c1. The Morgan fingerprint density at radius 1 is 1.50 bits per heavy atom. The van der Waals surface area contributed by atoms with Crippen LogP contribution in [0.15, 0.2) is 18.3 Å². The standard InChI is InChI=1S/C12H17N5O/c13-9-1-2-14-10(5-9)7-16-3-4-17-11(8-16)6-15-12(17)18/h1-2,5,11H,3-4,6-8H2,(H2,13,14)(H,15,18). The number of amides is 2. The molecule has 6 heteroatoms. The molecule has 0 saturated carbocycles. The molecule has 3 heterocycles. The van der Waals surface area contributed by atoms with Crippen molar-refractivity contribution in [1.82, 2.24) is 20.1 Å². The van der Waals surface area contributed by atoms with Crippen molar-refractivity contribution in [1.29, 1.82) is 0 Å². The fraction of sp³-hybridized carbons (Fsp3) is 0.500. The van der Waals surface area contributed by atoms with Crippen molar-refractivity contribution >= 4 is 11.7 Å². The van der Waals surface area contributed by atoms with E-state index in [1.807, 2.05) is 11.0 Å². The summed E-state index contributed by atoms with van der Waals surface area (Å²) in [6, 6.07) is 4.07. The second-order valence-electron chi connectivity index (χ2n) is 4.85. The average molecular weight is 247 g/mol. The van der Waals surface area contributed by atoms with Gasteiger partial charge in [0.05, 0.1) is 11.7 Å². The molecule has 2 aliphatic heterocycles. The van der Waals surface area contributed by atoms with E-state index in [2.05, 4.69) is 15.2 Å². The van der Waals surface area contributed by atoms with Gasteiger partial charge in [0, 0.05) is 44.6 Å². The molecule has 3 N–H and O–H groups in total. The minimum Gasteiger partial charge on any atom is -0.399 e. The van der Waals surface area contributed by atoms with E-state index in [-0.39, 0.29) is 6.03 Å². The molecule has 18 heavy (non-hydrogen) atoms. The molecule has 2 aliphatic rings. The van der Waals surface area contributed by atoms with Crippen LogP contribution in [0.1, 0.15) is 5.69 Å². The van der Waals surface area contributed by atoms with Crippen molar-refractivity contribution in [3.8, 4) is 0 Å². The molecule has 1 aromatic heterocycles. The number of nitrogens with two attached hydrogens (primary N) is 1. The Balaban J connectivity index is 1.64. The van der Waals surface area contributed by atoms with Gasteiger partial charge in [-0.2, -0.15) is 0 Å². The van der Waals surface area contributed by atoms with Crippen LogP contribution >= 0.6 is 0 Å². The summed E-state index contributed by atoms with van der Waals surface area (Å²) in [6.07, 6.45) is 1.74. The van der Waals surface area contributed by atoms with Crippen LogP contribution in [0.5, 0.6) is 0 Å². The summed E-state index contributed by atoms with van der Waals surface area (Å²) >= 11 is 0. The second kappa shape index (κ2) is 4.45. The van der Waals surface area contributed by atoms with E-state index in [4.69, 9.17) is 5.73 Å². The minimum atomic E-state index is 0.0710. The van der Waals surface area contributed by atoms with Crippen molar-refractivity contribution in [2.75, 3.05) is 31.9 Å². The predicted molar refractivity (Wildman–Crippen MR) is 67.8 cm³/mol. The molecule has 1 atom stereocenters. The highest BCUT2D eigenvalue weighted by atomic mass is 16.2. The lowest BCUT2D eigenvalue weighted by atomic mass is 10.2. The van der Waals surface area contributed by atoms with Crippen LogP contribution in [-0.4, -0.2) is 53.0 Å². The molecule has 0 aliphatic carbocycles. The maximum absolute atomic E-state index is 11.5. The lowest BCUT2D eigenvalue weighted by Crippen LogP contribution is -2.51. The van der Waals surface area contributed by atoms with Crippen LogP contribution in [0, 0.1) is 0 Å². The number of fused-ring (bicyclic) bond motifs is 1. The summed E-state index contributed by atoms with van der Waals surface area (Å²) in [5.41, 5.74) is 7.48. The number of hydrogen-bond acceptors (Lipinski definition) is 4. The zero-order valence-electron chi connectivity index (χ0n) is 10.2. The third kappa shape index (κ3) is 2.11. The van der Waals surface area contributed by atoms with Crippen molar-refractivity contribution < 1.29 is 4.79 Å². The van der Waals surface area contributed by atoms with Crippen LogP contribution in [-0.2, 0) is 6.54 Å². The smallest absolute Gasteiger partial charge is 0.317 e. The molecule has 0 spiro atoms. The van der Waals surface area contributed by atoms with Gasteiger partial charge < -0.3 is 16.0 Å². The van der Waals surface area contributed by atoms with Gasteiger partial charge in [-0.05, 0) is 12.1 Å². The molecule has 1 unspecified atom stereocenters. The quantitative estimate of drug-likeness (QED) is 0.763. The number of nitrogens with one attached hydrogen (secondary N) is 1. The Morgan fingerprint density at radius 3 is 3.22 bits per heavy atom. The summed E-state index contributed by atoms with van der Waals surface area (Å²) in [5.74, 6) is 0. The first kappa shape index (κ1) is 11.3. The first-order chi connectivity index (χ1) is 8.72. The summed E-state index contributed by atoms with van der Waals surface area (Å²) in [7, 11) is 0. The Kier molecular flexibility index (Phi) is 2.79. The monoisotopic (exact) mass is 247 g/mol. The number of pyridine rings is 1. The number of hydrogen-bond donors (Lipinski definition) is 2. The van der Waals surface area contributed by atoms with E-state index in [0.717, 1.165) is 44.1 Å². The van der Waals surface area contributed by atoms with Crippen molar-refractivity contribution in [2.24, 2.45) is 0 Å². The van der Waals surface area contributed by atoms with E-state index in [0.29, 0.717) is 6.04 Å². The van der Waals surface area contributed by atoms with Crippen molar-refractivity contribution in [2.45, 2.75) is 12.6 Å². The highest BCUT2D eigenvalue weighted by molar-refractivity contribution is 5.77. The number of carbonyl (C=O) groups excluding carboxylic acids is 1. The van der Waals surface area contributed by atoms with Crippen molar-refractivity contribution in [3.05, 3.63) is 24.0 Å². The zero-order valence-corrected chi connectivity index (χ0v) is 10.2. The number of rotatable bonds is 2. The molecular formula is C12H17N5O. The van der Waals surface area contributed by atoms with Gasteiger partial charge in [0.1, 0.15) is 0 Å². The third-order valence-electron chi connectivity index (χ3n) is 3.54. The number of aromatic nitrogens is 1. The summed E-state index contributed by atoms with van der Waals surface area (Å²) < 4.78 is 0. The Bertz CT molecular complexity index is 464. The number of piperazine rings is 1. The van der Waals surface area contributed by atoms with Gasteiger partial charge in [-0.15, -0.1) is 0 Å². The highest BCUT2D eigenvalue weighted by Gasteiger charge is 2.35.